The summed E-state index contributed by atoms with van der Waals surface area (Å²) in [6.45, 7) is 14.6. The molecule has 0 heterocycles. The van der Waals surface area contributed by atoms with Crippen LogP contribution in [0.3, 0.4) is 0 Å². The van der Waals surface area contributed by atoms with Crippen LogP contribution in [0.1, 0.15) is 106 Å². The molecule has 0 bridgehead atoms. The Morgan fingerprint density at radius 1 is 0.938 bits per heavy atom. The molecule has 0 aromatic rings. The summed E-state index contributed by atoms with van der Waals surface area (Å²) < 4.78 is 0. The number of allylic oxidation sites excluding steroid dienone is 2. The van der Waals surface area contributed by atoms with E-state index in [2.05, 4.69) is 47.6 Å². The van der Waals surface area contributed by atoms with Crippen LogP contribution in [-0.2, 0) is 4.79 Å². The average Bonchev–Trinajstić information content (AvgIpc) is 2.71. The zero-order chi connectivity index (χ0) is 23.3. The lowest BCUT2D eigenvalue weighted by Gasteiger charge is -2.71. The smallest absolute Gasteiger partial charge is 0.310 e. The van der Waals surface area contributed by atoms with Crippen LogP contribution < -0.4 is 0 Å². The largest absolute Gasteiger partial charge is 0.481 e. The van der Waals surface area contributed by atoms with Gasteiger partial charge in [-0.05, 0) is 110 Å². The van der Waals surface area contributed by atoms with E-state index in [0.29, 0.717) is 17.8 Å². The molecule has 0 spiro atoms. The van der Waals surface area contributed by atoms with E-state index in [0.717, 1.165) is 51.4 Å². The number of fused-ring (bicyclic) bond motifs is 7. The van der Waals surface area contributed by atoms with E-state index < -0.39 is 11.4 Å². The summed E-state index contributed by atoms with van der Waals surface area (Å²) in [6, 6.07) is 0. The zero-order valence-corrected chi connectivity index (χ0v) is 21.3. The van der Waals surface area contributed by atoms with Gasteiger partial charge in [0.1, 0.15) is 0 Å². The third-order valence-corrected chi connectivity index (χ3v) is 12.8. The Labute approximate surface area is 195 Å². The van der Waals surface area contributed by atoms with Crippen LogP contribution in [0.25, 0.3) is 0 Å². The second-order valence-corrected chi connectivity index (χ2v) is 14.1. The topological polar surface area (TPSA) is 57.5 Å². The summed E-state index contributed by atoms with van der Waals surface area (Å²) in [5.41, 5.74) is 1.54. The predicted molar refractivity (Wildman–Crippen MR) is 128 cm³/mol. The number of carboxylic acid groups (broad SMARTS) is 1. The molecule has 9 atom stereocenters. The molecule has 4 saturated carbocycles. The molecule has 0 amide bonds. The highest BCUT2D eigenvalue weighted by molar-refractivity contribution is 5.76. The molecule has 0 aromatic carbocycles. The van der Waals surface area contributed by atoms with Crippen LogP contribution in [-0.4, -0.2) is 22.3 Å². The Morgan fingerprint density at radius 3 is 2.34 bits per heavy atom. The van der Waals surface area contributed by atoms with E-state index in [-0.39, 0.29) is 33.7 Å². The van der Waals surface area contributed by atoms with E-state index in [1.165, 1.54) is 18.4 Å². The summed E-state index contributed by atoms with van der Waals surface area (Å²) in [5, 5.41) is 21.3. The van der Waals surface area contributed by atoms with Crippen molar-refractivity contribution in [3.63, 3.8) is 0 Å². The third kappa shape index (κ3) is 2.61. The van der Waals surface area contributed by atoms with Crippen molar-refractivity contribution in [2.75, 3.05) is 0 Å². The summed E-state index contributed by atoms with van der Waals surface area (Å²) in [6.07, 6.45) is 12.7. The van der Waals surface area contributed by atoms with Crippen molar-refractivity contribution in [3.8, 4) is 0 Å². The van der Waals surface area contributed by atoms with Crippen molar-refractivity contribution >= 4 is 5.97 Å². The molecular weight excluding hydrogens is 396 g/mol. The van der Waals surface area contributed by atoms with Crippen LogP contribution in [0.5, 0.6) is 0 Å². The Bertz CT molecular complexity index is 843. The van der Waals surface area contributed by atoms with E-state index in [4.69, 9.17) is 0 Å². The highest BCUT2D eigenvalue weighted by Crippen LogP contribution is 2.75. The minimum absolute atomic E-state index is 0.0247. The van der Waals surface area contributed by atoms with E-state index in [9.17, 15) is 15.0 Å². The summed E-state index contributed by atoms with van der Waals surface area (Å²) in [5.74, 6) is 1.48. The molecule has 0 unspecified atom stereocenters. The van der Waals surface area contributed by atoms with Gasteiger partial charge < -0.3 is 10.2 Å². The molecule has 5 rings (SSSR count). The molecule has 0 radical (unpaired) electrons. The summed E-state index contributed by atoms with van der Waals surface area (Å²) in [7, 11) is 0. The lowest BCUT2D eigenvalue weighted by Crippen LogP contribution is -2.64. The van der Waals surface area contributed by atoms with Crippen molar-refractivity contribution in [2.45, 2.75) is 112 Å². The Hall–Kier alpha value is -0.830. The maximum atomic E-state index is 12.6. The fraction of sp³-hybridized carbons (Fsp3) is 0.897. The summed E-state index contributed by atoms with van der Waals surface area (Å²) in [4.78, 5) is 12.6. The minimum Gasteiger partial charge on any atom is -0.481 e. The number of rotatable bonds is 1. The molecular formula is C29H46O3. The Morgan fingerprint density at radius 2 is 1.66 bits per heavy atom. The van der Waals surface area contributed by atoms with Crippen LogP contribution in [0.15, 0.2) is 11.6 Å². The minimum atomic E-state index is -0.539. The molecule has 3 nitrogen and oxygen atoms in total. The van der Waals surface area contributed by atoms with Gasteiger partial charge in [0.25, 0.3) is 0 Å². The lowest BCUT2D eigenvalue weighted by molar-refractivity contribution is -0.204. The molecule has 2 N–H and O–H groups in total. The van der Waals surface area contributed by atoms with Crippen molar-refractivity contribution < 1.29 is 15.0 Å². The van der Waals surface area contributed by atoms with Crippen molar-refractivity contribution in [1.29, 1.82) is 0 Å². The van der Waals surface area contributed by atoms with Crippen molar-refractivity contribution in [1.82, 2.24) is 0 Å². The second kappa shape index (κ2) is 6.86. The molecule has 3 heteroatoms. The number of carboxylic acids is 1. The monoisotopic (exact) mass is 442 g/mol. The van der Waals surface area contributed by atoms with Crippen LogP contribution in [0.4, 0.5) is 0 Å². The van der Waals surface area contributed by atoms with Gasteiger partial charge in [0.05, 0.1) is 11.5 Å². The number of aliphatic carboxylic acids is 1. The maximum absolute atomic E-state index is 12.6. The lowest BCUT2D eigenvalue weighted by atomic mass is 9.34. The van der Waals surface area contributed by atoms with E-state index in [1.54, 1.807) is 0 Å². The fourth-order valence-corrected chi connectivity index (χ4v) is 10.5. The highest BCUT2D eigenvalue weighted by Gasteiger charge is 2.68. The fourth-order valence-electron chi connectivity index (χ4n) is 10.5. The SMILES string of the molecule is C[C@H]1CC[C@]2(C(=O)O)CC[C@]3(C)C(=CC[C@@H]4[C@@]5(C)CC[C@H](O)C(C)(C)[C@@H]5CC[C@]43C)[C@@H]2C1. The average molecular weight is 443 g/mol. The van der Waals surface area contributed by atoms with Crippen molar-refractivity contribution in [2.24, 2.45) is 50.7 Å². The zero-order valence-electron chi connectivity index (χ0n) is 21.3. The number of hydrogen-bond acceptors (Lipinski definition) is 2. The maximum Gasteiger partial charge on any atom is 0.310 e. The molecule has 0 aromatic heterocycles. The Balaban J connectivity index is 1.59. The molecule has 32 heavy (non-hydrogen) atoms. The molecule has 0 aliphatic heterocycles. The van der Waals surface area contributed by atoms with Gasteiger partial charge in [0.2, 0.25) is 0 Å². The van der Waals surface area contributed by atoms with Gasteiger partial charge >= 0.3 is 5.97 Å². The van der Waals surface area contributed by atoms with Gasteiger partial charge in [0.15, 0.2) is 0 Å². The molecule has 0 saturated heterocycles. The van der Waals surface area contributed by atoms with Gasteiger partial charge in [-0.1, -0.05) is 53.2 Å². The van der Waals surface area contributed by atoms with E-state index in [1.807, 2.05) is 0 Å². The first-order chi connectivity index (χ1) is 14.8. The van der Waals surface area contributed by atoms with Crippen molar-refractivity contribution in [3.05, 3.63) is 11.6 Å². The van der Waals surface area contributed by atoms with Crippen LogP contribution >= 0.6 is 0 Å². The van der Waals surface area contributed by atoms with Gasteiger partial charge in [-0.25, -0.2) is 0 Å². The normalized spacial score (nSPS) is 54.3. The standard InChI is InChI=1S/C29H46O3/c1-18-9-14-29(24(31)32)16-15-27(5)19(20(29)17-18)7-8-22-26(4)12-11-23(30)25(2,3)21(26)10-13-28(22,27)6/h7,18,20-23,30H,8-17H2,1-6H3,(H,31,32)/t18-,20-,21-,22+,23-,26-,27+,28+,29-/m0/s1. The number of hydrogen-bond donors (Lipinski definition) is 2. The first-order valence-corrected chi connectivity index (χ1v) is 13.4. The first-order valence-electron chi connectivity index (χ1n) is 13.4. The Kier molecular flexibility index (Phi) is 4.92. The highest BCUT2D eigenvalue weighted by atomic mass is 16.4. The number of aliphatic hydroxyl groups excluding tert-OH is 1. The number of aliphatic hydroxyl groups is 1. The summed E-state index contributed by atoms with van der Waals surface area (Å²) >= 11 is 0. The van der Waals surface area contributed by atoms with Gasteiger partial charge in [-0.3, -0.25) is 4.79 Å². The second-order valence-electron chi connectivity index (χ2n) is 14.1. The third-order valence-electron chi connectivity index (χ3n) is 12.8. The van der Waals surface area contributed by atoms with Gasteiger partial charge in [0, 0.05) is 0 Å². The van der Waals surface area contributed by atoms with Gasteiger partial charge in [-0.15, -0.1) is 0 Å². The quantitative estimate of drug-likeness (QED) is 0.437. The molecule has 5 aliphatic rings. The van der Waals surface area contributed by atoms with Crippen LogP contribution in [0.2, 0.25) is 0 Å². The molecule has 180 valence electrons. The predicted octanol–water partition coefficient (Wildman–Crippen LogP) is 6.84. The van der Waals surface area contributed by atoms with Crippen LogP contribution in [0, 0.1) is 50.7 Å². The molecule has 5 aliphatic carbocycles. The first kappa shape index (κ1) is 22.9. The number of carbonyl (C=O) groups is 1. The molecule has 4 fully saturated rings. The van der Waals surface area contributed by atoms with E-state index >= 15 is 0 Å². The van der Waals surface area contributed by atoms with Gasteiger partial charge in [-0.2, -0.15) is 0 Å².